The molecule has 1 aliphatic rings. The van der Waals surface area contributed by atoms with Crippen LogP contribution in [0.4, 0.5) is 0 Å². The second kappa shape index (κ2) is 9.50. The fourth-order valence-electron chi connectivity index (χ4n) is 4.34. The van der Waals surface area contributed by atoms with Crippen LogP contribution in [0.25, 0.3) is 17.2 Å². The molecule has 2 aromatic carbocycles. The molecule has 1 atom stereocenters. The molecule has 0 saturated carbocycles. The average molecular weight is 480 g/mol. The lowest BCUT2D eigenvalue weighted by Crippen LogP contribution is -2.22. The van der Waals surface area contributed by atoms with Crippen molar-refractivity contribution in [3.63, 3.8) is 0 Å². The van der Waals surface area contributed by atoms with Crippen LogP contribution in [-0.4, -0.2) is 23.2 Å². The van der Waals surface area contributed by atoms with E-state index in [-0.39, 0.29) is 11.5 Å². The Kier molecular flexibility index (Phi) is 6.68. The first kappa shape index (κ1) is 23.2. The van der Waals surface area contributed by atoms with Crippen LogP contribution >= 0.6 is 23.2 Å². The Labute approximate surface area is 204 Å². The van der Waals surface area contributed by atoms with Crippen LogP contribution in [0.5, 0.6) is 0 Å². The molecule has 33 heavy (non-hydrogen) atoms. The van der Waals surface area contributed by atoms with Crippen LogP contribution in [0.2, 0.25) is 10.0 Å². The van der Waals surface area contributed by atoms with Crippen LogP contribution in [0.15, 0.2) is 76.9 Å². The zero-order chi connectivity index (χ0) is 23.7. The molecule has 4 nitrogen and oxygen atoms in total. The Morgan fingerprint density at radius 1 is 1.06 bits per heavy atom. The molecule has 4 rings (SSSR count). The van der Waals surface area contributed by atoms with Crippen molar-refractivity contribution in [1.82, 2.24) is 14.8 Å². The summed E-state index contributed by atoms with van der Waals surface area (Å²) in [6.07, 6.45) is 4.26. The SMILES string of the molecule is C/C(=C\c1c(-c2cccc(Cl)c2)cc(=O)n(C)c1C)C(C1=CNCN1C)c1ccc(Cl)cc1. The standard InChI is InChI=1S/C27H27Cl2N3O/c1-17(27(25-15-30-16-31(25)3)19-8-10-21(28)11-9-19)12-23-18(2)32(4)26(33)14-24(23)20-6-5-7-22(29)13-20/h5-15,27,30H,16H2,1-4H3/b17-12+. The highest BCUT2D eigenvalue weighted by Gasteiger charge is 2.25. The highest BCUT2D eigenvalue weighted by molar-refractivity contribution is 6.31. The molecule has 1 N–H and O–H groups in total. The number of hydrogen-bond acceptors (Lipinski definition) is 3. The Morgan fingerprint density at radius 2 is 1.79 bits per heavy atom. The summed E-state index contributed by atoms with van der Waals surface area (Å²) in [6, 6.07) is 17.3. The molecule has 170 valence electrons. The minimum absolute atomic E-state index is 0.0334. The Balaban J connectivity index is 1.91. The monoisotopic (exact) mass is 479 g/mol. The molecule has 1 aliphatic heterocycles. The van der Waals surface area contributed by atoms with Crippen LogP contribution in [0, 0.1) is 6.92 Å². The number of nitrogens with zero attached hydrogens (tertiary/aromatic N) is 2. The Morgan fingerprint density at radius 3 is 2.42 bits per heavy atom. The zero-order valence-corrected chi connectivity index (χ0v) is 20.7. The minimum atomic E-state index is -0.0473. The number of pyridine rings is 1. The van der Waals surface area contributed by atoms with Gasteiger partial charge in [-0.25, -0.2) is 0 Å². The predicted molar refractivity (Wildman–Crippen MR) is 139 cm³/mol. The molecule has 0 radical (unpaired) electrons. The van der Waals surface area contributed by atoms with E-state index in [0.29, 0.717) is 10.0 Å². The molecule has 0 spiro atoms. The second-order valence-electron chi connectivity index (χ2n) is 8.47. The van der Waals surface area contributed by atoms with E-state index in [4.69, 9.17) is 23.2 Å². The molecule has 1 unspecified atom stereocenters. The maximum absolute atomic E-state index is 12.7. The summed E-state index contributed by atoms with van der Waals surface area (Å²) >= 11 is 12.5. The largest absolute Gasteiger partial charge is 0.372 e. The number of benzene rings is 2. The molecule has 2 heterocycles. The minimum Gasteiger partial charge on any atom is -0.372 e. The normalized spacial score (nSPS) is 14.8. The smallest absolute Gasteiger partial charge is 0.251 e. The lowest BCUT2D eigenvalue weighted by Gasteiger charge is -2.26. The first-order chi connectivity index (χ1) is 15.8. The van der Waals surface area contributed by atoms with Gasteiger partial charge in [0.25, 0.3) is 5.56 Å². The van der Waals surface area contributed by atoms with E-state index in [1.807, 2.05) is 43.3 Å². The maximum atomic E-state index is 12.7. The quantitative estimate of drug-likeness (QED) is 0.473. The first-order valence-corrected chi connectivity index (χ1v) is 11.6. The third-order valence-electron chi connectivity index (χ3n) is 6.26. The van der Waals surface area contributed by atoms with Gasteiger partial charge in [-0.15, -0.1) is 0 Å². The van der Waals surface area contributed by atoms with E-state index in [1.54, 1.807) is 17.7 Å². The number of rotatable bonds is 5. The maximum Gasteiger partial charge on any atom is 0.251 e. The molecular formula is C27H27Cl2N3O. The zero-order valence-electron chi connectivity index (χ0n) is 19.2. The van der Waals surface area contributed by atoms with Crippen LogP contribution in [0.1, 0.15) is 29.7 Å². The van der Waals surface area contributed by atoms with Gasteiger partial charge in [0.05, 0.1) is 6.67 Å². The highest BCUT2D eigenvalue weighted by atomic mass is 35.5. The molecule has 0 fully saturated rings. The van der Waals surface area contributed by atoms with Crippen LogP contribution in [-0.2, 0) is 7.05 Å². The summed E-state index contributed by atoms with van der Waals surface area (Å²) in [6.45, 7) is 4.88. The Hall–Kier alpha value is -2.95. The number of allylic oxidation sites excluding steroid dienone is 1. The highest BCUT2D eigenvalue weighted by Crippen LogP contribution is 2.37. The summed E-state index contributed by atoms with van der Waals surface area (Å²) in [5.41, 5.74) is 7.14. The number of aromatic nitrogens is 1. The van der Waals surface area contributed by atoms with Crippen molar-refractivity contribution in [2.45, 2.75) is 19.8 Å². The Bertz CT molecular complexity index is 1310. The first-order valence-electron chi connectivity index (χ1n) is 10.8. The second-order valence-corrected chi connectivity index (χ2v) is 9.34. The molecule has 0 aliphatic carbocycles. The van der Waals surface area contributed by atoms with E-state index >= 15 is 0 Å². The summed E-state index contributed by atoms with van der Waals surface area (Å²) in [7, 11) is 3.89. The molecule has 1 aromatic heterocycles. The van der Waals surface area contributed by atoms with Gasteiger partial charge < -0.3 is 14.8 Å². The van der Waals surface area contributed by atoms with Gasteiger partial charge in [0.1, 0.15) is 0 Å². The summed E-state index contributed by atoms with van der Waals surface area (Å²) in [5, 5.41) is 4.67. The number of halogens is 2. The van der Waals surface area contributed by atoms with E-state index < -0.39 is 0 Å². The van der Waals surface area contributed by atoms with Crippen molar-refractivity contribution in [3.05, 3.63) is 109 Å². The van der Waals surface area contributed by atoms with Gasteiger partial charge >= 0.3 is 0 Å². The van der Waals surface area contributed by atoms with Gasteiger partial charge in [-0.2, -0.15) is 0 Å². The van der Waals surface area contributed by atoms with Gasteiger partial charge in [-0.1, -0.05) is 59.1 Å². The van der Waals surface area contributed by atoms with E-state index in [0.717, 1.165) is 40.2 Å². The van der Waals surface area contributed by atoms with Crippen molar-refractivity contribution in [3.8, 4) is 11.1 Å². The molecule has 0 amide bonds. The van der Waals surface area contributed by atoms with Gasteiger partial charge in [0.15, 0.2) is 0 Å². The van der Waals surface area contributed by atoms with E-state index in [1.165, 1.54) is 5.70 Å². The van der Waals surface area contributed by atoms with Crippen molar-refractivity contribution < 1.29 is 0 Å². The summed E-state index contributed by atoms with van der Waals surface area (Å²) in [4.78, 5) is 14.9. The fraction of sp³-hybridized carbons (Fsp3) is 0.222. The van der Waals surface area contributed by atoms with Crippen molar-refractivity contribution >= 4 is 29.3 Å². The van der Waals surface area contributed by atoms with Crippen LogP contribution < -0.4 is 10.9 Å². The summed E-state index contributed by atoms with van der Waals surface area (Å²) in [5.74, 6) is 0.0334. The third kappa shape index (κ3) is 4.73. The van der Waals surface area contributed by atoms with Gasteiger partial charge in [0, 0.05) is 59.3 Å². The topological polar surface area (TPSA) is 37.3 Å². The van der Waals surface area contributed by atoms with E-state index in [9.17, 15) is 4.79 Å². The average Bonchev–Trinajstić information content (AvgIpc) is 3.21. The molecule has 0 saturated heterocycles. The number of likely N-dealkylation sites (N-methyl/N-ethyl adjacent to an activating group) is 1. The molecule has 6 heteroatoms. The lowest BCUT2D eigenvalue weighted by atomic mass is 9.86. The van der Waals surface area contributed by atoms with E-state index in [2.05, 4.69) is 48.6 Å². The van der Waals surface area contributed by atoms with Gasteiger partial charge in [0.2, 0.25) is 0 Å². The van der Waals surface area contributed by atoms with Crippen molar-refractivity contribution in [2.75, 3.05) is 13.7 Å². The predicted octanol–water partition coefficient (Wildman–Crippen LogP) is 6.19. The third-order valence-corrected chi connectivity index (χ3v) is 6.75. The fourth-order valence-corrected chi connectivity index (χ4v) is 4.66. The lowest BCUT2D eigenvalue weighted by molar-refractivity contribution is 0.421. The van der Waals surface area contributed by atoms with Gasteiger partial charge in [-0.3, -0.25) is 4.79 Å². The van der Waals surface area contributed by atoms with Crippen LogP contribution in [0.3, 0.4) is 0 Å². The molecular weight excluding hydrogens is 453 g/mol. The van der Waals surface area contributed by atoms with Crippen molar-refractivity contribution in [2.24, 2.45) is 7.05 Å². The number of hydrogen-bond donors (Lipinski definition) is 1. The molecule has 0 bridgehead atoms. The number of nitrogens with one attached hydrogen (secondary N) is 1. The summed E-state index contributed by atoms with van der Waals surface area (Å²) < 4.78 is 1.69. The molecule has 3 aromatic rings. The van der Waals surface area contributed by atoms with Crippen molar-refractivity contribution in [1.29, 1.82) is 0 Å². The van der Waals surface area contributed by atoms with Gasteiger partial charge in [-0.05, 0) is 54.8 Å².